The Kier molecular flexibility index (Phi) is 8.51. The molecule has 3 aromatic rings. The van der Waals surface area contributed by atoms with Crippen molar-refractivity contribution < 1.29 is 9.59 Å². The van der Waals surface area contributed by atoms with E-state index in [0.717, 1.165) is 17.6 Å². The van der Waals surface area contributed by atoms with Crippen molar-refractivity contribution in [3.05, 3.63) is 58.2 Å². The topological polar surface area (TPSA) is 126 Å². The zero-order valence-electron chi connectivity index (χ0n) is 21.0. The number of H-pyrrole nitrogens is 1. The van der Waals surface area contributed by atoms with E-state index < -0.39 is 0 Å². The highest BCUT2D eigenvalue weighted by Gasteiger charge is 2.14. The molecule has 10 heteroatoms. The summed E-state index contributed by atoms with van der Waals surface area (Å²) in [6.45, 7) is 6.31. The molecular weight excluding hydrogens is 446 g/mol. The normalized spacial score (nSPS) is 11.5. The SMILES string of the molecule is Cc1nc(CC(C)C)c2[nH]c(Cn3cccc(NC(=O)CCC/C=C/C(=O)N(C)C)c3=O)nc2n1. The molecule has 35 heavy (non-hydrogen) atoms. The molecule has 0 unspecified atom stereocenters. The fraction of sp³-hybridized carbons (Fsp3) is 0.440. The van der Waals surface area contributed by atoms with E-state index in [1.807, 2.05) is 6.92 Å². The molecule has 0 bridgehead atoms. The van der Waals surface area contributed by atoms with Gasteiger partial charge in [0, 0.05) is 26.7 Å². The highest BCUT2D eigenvalue weighted by Crippen LogP contribution is 2.17. The number of carbonyl (C=O) groups excluding carboxylic acids is 2. The Hall–Kier alpha value is -3.82. The molecule has 10 nitrogen and oxygen atoms in total. The first kappa shape index (κ1) is 25.8. The molecule has 2 amide bonds. The van der Waals surface area contributed by atoms with Gasteiger partial charge in [-0.1, -0.05) is 19.9 Å². The molecule has 0 aliphatic rings. The molecular formula is C25H33N7O3. The van der Waals surface area contributed by atoms with Crippen molar-refractivity contribution in [2.24, 2.45) is 5.92 Å². The first-order valence-corrected chi connectivity index (χ1v) is 11.7. The highest BCUT2D eigenvalue weighted by molar-refractivity contribution is 5.90. The fourth-order valence-electron chi connectivity index (χ4n) is 3.58. The number of hydrogen-bond donors (Lipinski definition) is 2. The first-order valence-electron chi connectivity index (χ1n) is 11.7. The lowest BCUT2D eigenvalue weighted by Gasteiger charge is -2.08. The van der Waals surface area contributed by atoms with Crippen LogP contribution in [-0.2, 0) is 22.6 Å². The Morgan fingerprint density at radius 3 is 2.71 bits per heavy atom. The molecule has 3 rings (SSSR count). The number of carbonyl (C=O) groups is 2. The van der Waals surface area contributed by atoms with Crippen LogP contribution in [0.2, 0.25) is 0 Å². The van der Waals surface area contributed by atoms with Crippen molar-refractivity contribution in [3.63, 3.8) is 0 Å². The second-order valence-corrected chi connectivity index (χ2v) is 9.13. The highest BCUT2D eigenvalue weighted by atomic mass is 16.2. The van der Waals surface area contributed by atoms with Crippen molar-refractivity contribution in [1.82, 2.24) is 29.4 Å². The lowest BCUT2D eigenvalue weighted by Crippen LogP contribution is -2.26. The molecule has 0 saturated heterocycles. The van der Waals surface area contributed by atoms with E-state index >= 15 is 0 Å². The van der Waals surface area contributed by atoms with Crippen molar-refractivity contribution in [3.8, 4) is 0 Å². The Labute approximate surface area is 204 Å². The Morgan fingerprint density at radius 1 is 1.23 bits per heavy atom. The van der Waals surface area contributed by atoms with Crippen LogP contribution >= 0.6 is 0 Å². The van der Waals surface area contributed by atoms with Gasteiger partial charge in [-0.3, -0.25) is 14.4 Å². The maximum absolute atomic E-state index is 12.9. The van der Waals surface area contributed by atoms with Gasteiger partial charge in [0.1, 0.15) is 22.9 Å². The van der Waals surface area contributed by atoms with Gasteiger partial charge in [-0.2, -0.15) is 0 Å². The Bertz CT molecular complexity index is 1290. The summed E-state index contributed by atoms with van der Waals surface area (Å²) in [5.74, 6) is 1.34. The molecule has 3 heterocycles. The van der Waals surface area contributed by atoms with Gasteiger partial charge in [-0.05, 0) is 50.3 Å². The molecule has 0 radical (unpaired) electrons. The van der Waals surface area contributed by atoms with E-state index in [-0.39, 0.29) is 36.0 Å². The van der Waals surface area contributed by atoms with Gasteiger partial charge in [0.25, 0.3) is 5.56 Å². The summed E-state index contributed by atoms with van der Waals surface area (Å²) in [7, 11) is 3.36. The van der Waals surface area contributed by atoms with E-state index in [0.29, 0.717) is 36.1 Å². The third kappa shape index (κ3) is 7.08. The van der Waals surface area contributed by atoms with Crippen molar-refractivity contribution in [2.45, 2.75) is 53.0 Å². The number of likely N-dealkylation sites (N-methyl/N-ethyl adjacent to an activating group) is 1. The standard InChI is InChI=1S/C25H33N7O3/c1-16(2)14-19-23-24(27-17(3)26-19)30-20(29-23)15-32-13-9-10-18(25(32)35)28-21(33)11-7-6-8-12-22(34)31(4)5/h8-10,12-13,16H,6-7,11,14-15H2,1-5H3,(H,28,33)(H,26,27,29,30)/b12-8+. The monoisotopic (exact) mass is 479 g/mol. The number of hydrogen-bond acceptors (Lipinski definition) is 6. The molecule has 2 N–H and O–H groups in total. The number of aromatic nitrogens is 5. The fourth-order valence-corrected chi connectivity index (χ4v) is 3.58. The lowest BCUT2D eigenvalue weighted by molar-refractivity contribution is -0.123. The second kappa shape index (κ2) is 11.5. The third-order valence-corrected chi connectivity index (χ3v) is 5.28. The summed E-state index contributed by atoms with van der Waals surface area (Å²) in [6, 6.07) is 3.30. The predicted octanol–water partition coefficient (Wildman–Crippen LogP) is 2.82. The van der Waals surface area contributed by atoms with E-state index in [1.54, 1.807) is 38.5 Å². The van der Waals surface area contributed by atoms with E-state index in [9.17, 15) is 14.4 Å². The summed E-state index contributed by atoms with van der Waals surface area (Å²) >= 11 is 0. The molecule has 0 aliphatic carbocycles. The van der Waals surface area contributed by atoms with Crippen molar-refractivity contribution in [1.29, 1.82) is 0 Å². The van der Waals surface area contributed by atoms with Gasteiger partial charge in [0.2, 0.25) is 11.8 Å². The summed E-state index contributed by atoms with van der Waals surface area (Å²) in [4.78, 5) is 55.1. The molecule has 0 atom stereocenters. The zero-order valence-corrected chi connectivity index (χ0v) is 21.0. The number of amides is 2. The minimum absolute atomic E-state index is 0.0953. The molecule has 0 aliphatic heterocycles. The second-order valence-electron chi connectivity index (χ2n) is 9.13. The quantitative estimate of drug-likeness (QED) is 0.340. The van der Waals surface area contributed by atoms with Crippen LogP contribution in [0.15, 0.2) is 35.3 Å². The van der Waals surface area contributed by atoms with Crippen molar-refractivity contribution >= 4 is 28.7 Å². The average Bonchev–Trinajstić information content (AvgIpc) is 3.18. The van der Waals surface area contributed by atoms with Crippen LogP contribution in [0.5, 0.6) is 0 Å². The maximum atomic E-state index is 12.9. The van der Waals surface area contributed by atoms with Crippen LogP contribution in [0.4, 0.5) is 5.69 Å². The smallest absolute Gasteiger partial charge is 0.274 e. The largest absolute Gasteiger partial charge is 0.345 e. The number of allylic oxidation sites excluding steroid dienone is 1. The predicted molar refractivity (Wildman–Crippen MR) is 135 cm³/mol. The number of aryl methyl sites for hydroxylation is 1. The van der Waals surface area contributed by atoms with Gasteiger partial charge in [-0.15, -0.1) is 0 Å². The molecule has 186 valence electrons. The van der Waals surface area contributed by atoms with Crippen LogP contribution in [0, 0.1) is 12.8 Å². The number of nitrogens with zero attached hydrogens (tertiary/aromatic N) is 5. The van der Waals surface area contributed by atoms with Gasteiger partial charge < -0.3 is 19.8 Å². The van der Waals surface area contributed by atoms with Crippen LogP contribution in [0.3, 0.4) is 0 Å². The third-order valence-electron chi connectivity index (χ3n) is 5.28. The van der Waals surface area contributed by atoms with Gasteiger partial charge in [0.05, 0.1) is 12.2 Å². The number of anilines is 1. The average molecular weight is 480 g/mol. The number of fused-ring (bicyclic) bond motifs is 1. The number of unbranched alkanes of at least 4 members (excludes halogenated alkanes) is 1. The van der Waals surface area contributed by atoms with Gasteiger partial charge in [-0.25, -0.2) is 15.0 Å². The van der Waals surface area contributed by atoms with E-state index in [1.165, 1.54) is 15.5 Å². The summed E-state index contributed by atoms with van der Waals surface area (Å²) in [5, 5.41) is 2.69. The molecule has 0 aromatic carbocycles. The van der Waals surface area contributed by atoms with Crippen LogP contribution in [-0.4, -0.2) is 55.3 Å². The van der Waals surface area contributed by atoms with E-state index in [4.69, 9.17) is 0 Å². The number of aromatic amines is 1. The summed E-state index contributed by atoms with van der Waals surface area (Å²) in [6.07, 6.45) is 7.10. The molecule has 0 fully saturated rings. The minimum Gasteiger partial charge on any atom is -0.345 e. The number of nitrogens with one attached hydrogen (secondary N) is 2. The van der Waals surface area contributed by atoms with Crippen LogP contribution < -0.4 is 10.9 Å². The zero-order chi connectivity index (χ0) is 25.5. The molecule has 0 saturated carbocycles. The van der Waals surface area contributed by atoms with Gasteiger partial charge >= 0.3 is 0 Å². The number of pyridine rings is 1. The van der Waals surface area contributed by atoms with Crippen LogP contribution in [0.25, 0.3) is 11.2 Å². The number of rotatable bonds is 10. The Balaban J connectivity index is 1.66. The van der Waals surface area contributed by atoms with Gasteiger partial charge in [0.15, 0.2) is 5.65 Å². The van der Waals surface area contributed by atoms with Crippen molar-refractivity contribution in [2.75, 3.05) is 19.4 Å². The number of imidazole rings is 1. The van der Waals surface area contributed by atoms with Crippen LogP contribution in [0.1, 0.15) is 50.5 Å². The Morgan fingerprint density at radius 2 is 2.00 bits per heavy atom. The summed E-state index contributed by atoms with van der Waals surface area (Å²) < 4.78 is 1.49. The maximum Gasteiger partial charge on any atom is 0.274 e. The molecule has 0 spiro atoms. The lowest BCUT2D eigenvalue weighted by atomic mass is 10.1. The minimum atomic E-state index is -0.317. The van der Waals surface area contributed by atoms with E-state index in [2.05, 4.69) is 39.1 Å². The summed E-state index contributed by atoms with van der Waals surface area (Å²) in [5.41, 5.74) is 2.18. The first-order chi connectivity index (χ1) is 16.6. The molecule has 3 aromatic heterocycles.